The van der Waals surface area contributed by atoms with Crippen molar-refractivity contribution in [2.45, 2.75) is 46.1 Å². The van der Waals surface area contributed by atoms with Crippen molar-refractivity contribution < 1.29 is 0 Å². The third-order valence-electron chi connectivity index (χ3n) is 3.10. The first kappa shape index (κ1) is 11.6. The predicted octanol–water partition coefficient (Wildman–Crippen LogP) is 3.35. The van der Waals surface area contributed by atoms with Gasteiger partial charge in [-0.05, 0) is 32.6 Å². The van der Waals surface area contributed by atoms with E-state index in [1.807, 2.05) is 13.8 Å². The van der Waals surface area contributed by atoms with Gasteiger partial charge in [0.1, 0.15) is 16.8 Å². The molecule has 2 atom stereocenters. The summed E-state index contributed by atoms with van der Waals surface area (Å²) >= 11 is 6.03. The van der Waals surface area contributed by atoms with Gasteiger partial charge in [-0.1, -0.05) is 24.9 Å². The molecule has 88 valence electrons. The standard InChI is InChI=1S/C12H18ClN3/c1-4-5-9-6-10(9)16-12-7(2)11(13)14-8(3)15-12/h9-10H,4-6H2,1-3H3,(H,14,15,16). The van der Waals surface area contributed by atoms with E-state index >= 15 is 0 Å². The van der Waals surface area contributed by atoms with Gasteiger partial charge in [-0.3, -0.25) is 0 Å². The van der Waals surface area contributed by atoms with Gasteiger partial charge in [0.2, 0.25) is 0 Å². The van der Waals surface area contributed by atoms with Gasteiger partial charge < -0.3 is 5.32 Å². The Labute approximate surface area is 102 Å². The van der Waals surface area contributed by atoms with Crippen LogP contribution in [0.3, 0.4) is 0 Å². The first-order valence-electron chi connectivity index (χ1n) is 5.89. The van der Waals surface area contributed by atoms with E-state index in [0.717, 1.165) is 23.1 Å². The van der Waals surface area contributed by atoms with Crippen LogP contribution in [0.15, 0.2) is 0 Å². The lowest BCUT2D eigenvalue weighted by molar-refractivity contribution is 0.691. The number of hydrogen-bond donors (Lipinski definition) is 1. The normalized spacial score (nSPS) is 23.2. The van der Waals surface area contributed by atoms with E-state index in [4.69, 9.17) is 11.6 Å². The minimum Gasteiger partial charge on any atom is -0.367 e. The summed E-state index contributed by atoms with van der Waals surface area (Å²) in [6.07, 6.45) is 3.81. The number of anilines is 1. The van der Waals surface area contributed by atoms with E-state index in [2.05, 4.69) is 22.2 Å². The molecule has 1 fully saturated rings. The molecule has 2 unspecified atom stereocenters. The number of rotatable bonds is 4. The highest BCUT2D eigenvalue weighted by Gasteiger charge is 2.36. The maximum atomic E-state index is 6.03. The molecule has 1 saturated carbocycles. The molecule has 2 rings (SSSR count). The Balaban J connectivity index is 2.05. The molecular weight excluding hydrogens is 222 g/mol. The molecule has 1 aromatic heterocycles. The van der Waals surface area contributed by atoms with Crippen molar-refractivity contribution in [2.75, 3.05) is 5.32 Å². The van der Waals surface area contributed by atoms with Gasteiger partial charge in [0, 0.05) is 11.6 Å². The van der Waals surface area contributed by atoms with Crippen LogP contribution in [0.1, 0.15) is 37.6 Å². The zero-order chi connectivity index (χ0) is 11.7. The molecule has 16 heavy (non-hydrogen) atoms. The van der Waals surface area contributed by atoms with Crippen molar-refractivity contribution >= 4 is 17.4 Å². The van der Waals surface area contributed by atoms with Crippen LogP contribution in [0.25, 0.3) is 0 Å². The lowest BCUT2D eigenvalue weighted by Crippen LogP contribution is -2.09. The van der Waals surface area contributed by atoms with E-state index in [1.165, 1.54) is 19.3 Å². The van der Waals surface area contributed by atoms with Crippen LogP contribution in [-0.2, 0) is 0 Å². The molecule has 0 aromatic carbocycles. The van der Waals surface area contributed by atoms with Gasteiger partial charge in [-0.15, -0.1) is 0 Å². The lowest BCUT2D eigenvalue weighted by Gasteiger charge is -2.09. The first-order chi connectivity index (χ1) is 7.61. The van der Waals surface area contributed by atoms with Crippen molar-refractivity contribution in [3.8, 4) is 0 Å². The second kappa shape index (κ2) is 4.58. The quantitative estimate of drug-likeness (QED) is 0.819. The van der Waals surface area contributed by atoms with Gasteiger partial charge >= 0.3 is 0 Å². The fraction of sp³-hybridized carbons (Fsp3) is 0.667. The van der Waals surface area contributed by atoms with Gasteiger partial charge in [-0.25, -0.2) is 9.97 Å². The van der Waals surface area contributed by atoms with Crippen molar-refractivity contribution in [1.29, 1.82) is 0 Å². The van der Waals surface area contributed by atoms with Crippen LogP contribution >= 0.6 is 11.6 Å². The Hall–Kier alpha value is -0.830. The fourth-order valence-electron chi connectivity index (χ4n) is 2.02. The summed E-state index contributed by atoms with van der Waals surface area (Å²) in [7, 11) is 0. The van der Waals surface area contributed by atoms with Crippen LogP contribution in [0.2, 0.25) is 5.15 Å². The molecule has 1 aliphatic rings. The molecule has 0 amide bonds. The predicted molar refractivity (Wildman–Crippen MR) is 66.9 cm³/mol. The molecule has 0 saturated heterocycles. The van der Waals surface area contributed by atoms with Gasteiger partial charge in [0.15, 0.2) is 0 Å². The Morgan fingerprint density at radius 1 is 1.38 bits per heavy atom. The number of halogens is 1. The molecule has 1 N–H and O–H groups in total. The SMILES string of the molecule is CCCC1CC1Nc1nc(C)nc(Cl)c1C. The van der Waals surface area contributed by atoms with Crippen LogP contribution in [-0.4, -0.2) is 16.0 Å². The highest BCUT2D eigenvalue weighted by molar-refractivity contribution is 6.30. The molecule has 1 aliphatic carbocycles. The Bertz CT molecular complexity index is 392. The van der Waals surface area contributed by atoms with Gasteiger partial charge in [0.05, 0.1) is 0 Å². The van der Waals surface area contributed by atoms with Crippen LogP contribution in [0.5, 0.6) is 0 Å². The Kier molecular flexibility index (Phi) is 3.33. The highest BCUT2D eigenvalue weighted by atomic mass is 35.5. The third-order valence-corrected chi connectivity index (χ3v) is 3.47. The molecule has 3 nitrogen and oxygen atoms in total. The van der Waals surface area contributed by atoms with E-state index < -0.39 is 0 Å². The monoisotopic (exact) mass is 239 g/mol. The molecule has 0 spiro atoms. The lowest BCUT2D eigenvalue weighted by atomic mass is 10.2. The smallest absolute Gasteiger partial charge is 0.137 e. The maximum Gasteiger partial charge on any atom is 0.137 e. The summed E-state index contributed by atoms with van der Waals surface area (Å²) in [6, 6.07) is 0.587. The minimum atomic E-state index is 0.558. The van der Waals surface area contributed by atoms with Crippen LogP contribution < -0.4 is 5.32 Å². The summed E-state index contributed by atoms with van der Waals surface area (Å²) < 4.78 is 0. The fourth-order valence-corrected chi connectivity index (χ4v) is 2.24. The summed E-state index contributed by atoms with van der Waals surface area (Å²) in [5, 5.41) is 4.02. The molecule has 1 heterocycles. The molecular formula is C12H18ClN3. The van der Waals surface area contributed by atoms with E-state index in [9.17, 15) is 0 Å². The first-order valence-corrected chi connectivity index (χ1v) is 6.27. The van der Waals surface area contributed by atoms with Crippen LogP contribution in [0, 0.1) is 19.8 Å². The number of nitrogens with one attached hydrogen (secondary N) is 1. The Morgan fingerprint density at radius 3 is 2.81 bits per heavy atom. The molecule has 0 bridgehead atoms. The molecule has 4 heteroatoms. The van der Waals surface area contributed by atoms with E-state index in [-0.39, 0.29) is 0 Å². The summed E-state index contributed by atoms with van der Waals surface area (Å²) in [5.41, 5.74) is 0.953. The van der Waals surface area contributed by atoms with Gasteiger partial charge in [0.25, 0.3) is 0 Å². The second-order valence-corrected chi connectivity index (χ2v) is 4.93. The molecule has 0 aliphatic heterocycles. The van der Waals surface area contributed by atoms with E-state index in [1.54, 1.807) is 0 Å². The average molecular weight is 240 g/mol. The zero-order valence-electron chi connectivity index (χ0n) is 10.0. The average Bonchev–Trinajstić information content (AvgIpc) is 2.93. The second-order valence-electron chi connectivity index (χ2n) is 4.57. The van der Waals surface area contributed by atoms with Crippen molar-refractivity contribution in [3.63, 3.8) is 0 Å². The van der Waals surface area contributed by atoms with Crippen molar-refractivity contribution in [3.05, 3.63) is 16.5 Å². The topological polar surface area (TPSA) is 37.8 Å². The number of nitrogens with zero attached hydrogens (tertiary/aromatic N) is 2. The summed E-state index contributed by atoms with van der Waals surface area (Å²) in [6.45, 7) is 6.06. The zero-order valence-corrected chi connectivity index (χ0v) is 10.8. The molecule has 1 aromatic rings. The summed E-state index contributed by atoms with van der Waals surface area (Å²) in [5.74, 6) is 2.45. The van der Waals surface area contributed by atoms with Crippen molar-refractivity contribution in [2.24, 2.45) is 5.92 Å². The largest absolute Gasteiger partial charge is 0.367 e. The van der Waals surface area contributed by atoms with Crippen molar-refractivity contribution in [1.82, 2.24) is 9.97 Å². The molecule has 0 radical (unpaired) electrons. The number of hydrogen-bond acceptors (Lipinski definition) is 3. The number of aromatic nitrogens is 2. The minimum absolute atomic E-state index is 0.558. The number of aryl methyl sites for hydroxylation is 1. The van der Waals surface area contributed by atoms with E-state index in [0.29, 0.717) is 11.2 Å². The third kappa shape index (κ3) is 2.46. The highest BCUT2D eigenvalue weighted by Crippen LogP contribution is 2.37. The summed E-state index contributed by atoms with van der Waals surface area (Å²) in [4.78, 5) is 8.53. The van der Waals surface area contributed by atoms with Crippen LogP contribution in [0.4, 0.5) is 5.82 Å². The Morgan fingerprint density at radius 2 is 2.12 bits per heavy atom. The van der Waals surface area contributed by atoms with Gasteiger partial charge in [-0.2, -0.15) is 0 Å². The maximum absolute atomic E-state index is 6.03.